The molecule has 0 spiro atoms. The number of hydrogen-bond donors (Lipinski definition) is 1. The molecule has 1 rings (SSSR count). The Morgan fingerprint density at radius 1 is 1.44 bits per heavy atom. The number of nitrogens with one attached hydrogen (secondary N) is 1. The van der Waals surface area contributed by atoms with Crippen LogP contribution in [0.1, 0.15) is 6.92 Å². The zero-order chi connectivity index (χ0) is 12.5. The van der Waals surface area contributed by atoms with Gasteiger partial charge in [0.25, 0.3) is 0 Å². The van der Waals surface area contributed by atoms with E-state index in [1.807, 2.05) is 0 Å². The predicted octanol–water partition coefficient (Wildman–Crippen LogP) is 2.10. The lowest BCUT2D eigenvalue weighted by Crippen LogP contribution is -2.07. The van der Waals surface area contributed by atoms with Crippen molar-refractivity contribution in [3.05, 3.63) is 23.0 Å². The molecule has 0 unspecified atom stereocenters. The molecule has 4 nitrogen and oxygen atoms in total. The largest absolute Gasteiger partial charge is 0.335 e. The maximum absolute atomic E-state index is 13.1. The van der Waals surface area contributed by atoms with Crippen LogP contribution >= 0.6 is 11.6 Å². The Balaban J connectivity index is 3.33. The molecule has 0 saturated heterocycles. The van der Waals surface area contributed by atoms with Crippen LogP contribution in [0.4, 0.5) is 14.0 Å². The highest BCUT2D eigenvalue weighted by atomic mass is 35.5. The summed E-state index contributed by atoms with van der Waals surface area (Å²) in [6.07, 6.45) is 0. The highest BCUT2D eigenvalue weighted by molar-refractivity contribution is 7.86. The van der Waals surface area contributed by atoms with E-state index in [1.54, 1.807) is 0 Å². The van der Waals surface area contributed by atoms with E-state index in [-0.39, 0.29) is 10.7 Å². The van der Waals surface area contributed by atoms with Gasteiger partial charge in [0.05, 0.1) is 10.7 Å². The predicted molar refractivity (Wildman–Crippen MR) is 54.0 cm³/mol. The number of hydrogen-bond acceptors (Lipinski definition) is 3. The molecule has 0 aliphatic heterocycles. The van der Waals surface area contributed by atoms with Crippen LogP contribution < -0.4 is 5.32 Å². The standard InChI is InChI=1S/C8H6ClF2NO3S/c1-4(13)12-7-3-6(10)8(2-5(7)9)16(11,14)15/h2-3H,1H3,(H,12,13). The number of anilines is 1. The second-order valence-corrected chi connectivity index (χ2v) is 4.60. The summed E-state index contributed by atoms with van der Waals surface area (Å²) in [5.41, 5.74) is -0.126. The van der Waals surface area contributed by atoms with Crippen molar-refractivity contribution in [3.8, 4) is 0 Å². The number of halogens is 3. The van der Waals surface area contributed by atoms with Gasteiger partial charge in [-0.05, 0) is 6.07 Å². The maximum Gasteiger partial charge on any atom is 0.335 e. The minimum absolute atomic E-state index is 0.126. The molecule has 0 aliphatic carbocycles. The Morgan fingerprint density at radius 2 is 2.00 bits per heavy atom. The molecule has 0 heterocycles. The molecule has 0 aliphatic rings. The molecular weight excluding hydrogens is 264 g/mol. The Hall–Kier alpha value is -1.21. The summed E-state index contributed by atoms with van der Waals surface area (Å²) in [4.78, 5) is 9.51. The van der Waals surface area contributed by atoms with E-state index in [0.717, 1.165) is 6.92 Å². The summed E-state index contributed by atoms with van der Waals surface area (Å²) in [7, 11) is -5.17. The van der Waals surface area contributed by atoms with Crippen LogP contribution in [-0.2, 0) is 15.0 Å². The van der Waals surface area contributed by atoms with E-state index >= 15 is 0 Å². The topological polar surface area (TPSA) is 63.2 Å². The average Bonchev–Trinajstić information content (AvgIpc) is 2.07. The number of benzene rings is 1. The molecule has 0 aromatic heterocycles. The van der Waals surface area contributed by atoms with E-state index in [9.17, 15) is 21.5 Å². The fourth-order valence-electron chi connectivity index (χ4n) is 1.00. The van der Waals surface area contributed by atoms with Crippen LogP contribution in [0.2, 0.25) is 5.02 Å². The Kier molecular flexibility index (Phi) is 3.49. The van der Waals surface area contributed by atoms with Crippen LogP contribution in [0.3, 0.4) is 0 Å². The normalized spacial score (nSPS) is 11.2. The molecule has 0 radical (unpaired) electrons. The summed E-state index contributed by atoms with van der Waals surface area (Å²) in [5, 5.41) is 1.89. The molecule has 16 heavy (non-hydrogen) atoms. The van der Waals surface area contributed by atoms with E-state index in [1.165, 1.54) is 0 Å². The first kappa shape index (κ1) is 12.9. The molecular formula is C8H6ClF2NO3S. The van der Waals surface area contributed by atoms with Crippen molar-refractivity contribution in [2.75, 3.05) is 5.32 Å². The van der Waals surface area contributed by atoms with E-state index in [2.05, 4.69) is 5.32 Å². The highest BCUT2D eigenvalue weighted by Crippen LogP contribution is 2.28. The molecule has 0 atom stereocenters. The van der Waals surface area contributed by atoms with Gasteiger partial charge in [-0.25, -0.2) is 4.39 Å². The fraction of sp³-hybridized carbons (Fsp3) is 0.125. The van der Waals surface area contributed by atoms with Crippen molar-refractivity contribution in [2.45, 2.75) is 11.8 Å². The first-order chi connectivity index (χ1) is 7.21. The minimum atomic E-state index is -5.17. The molecule has 8 heteroatoms. The third-order valence-corrected chi connectivity index (χ3v) is 2.75. The Bertz CT molecular complexity index is 544. The SMILES string of the molecule is CC(=O)Nc1cc(F)c(S(=O)(=O)F)cc1Cl. The summed E-state index contributed by atoms with van der Waals surface area (Å²) in [5.74, 6) is -1.84. The van der Waals surface area contributed by atoms with Crippen molar-refractivity contribution in [1.29, 1.82) is 0 Å². The lowest BCUT2D eigenvalue weighted by molar-refractivity contribution is -0.114. The maximum atomic E-state index is 13.1. The third kappa shape index (κ3) is 2.89. The second kappa shape index (κ2) is 4.34. The second-order valence-electron chi connectivity index (χ2n) is 2.88. The van der Waals surface area contributed by atoms with Gasteiger partial charge in [-0.3, -0.25) is 4.79 Å². The molecule has 1 aromatic carbocycles. The summed E-state index contributed by atoms with van der Waals surface area (Å²) >= 11 is 5.54. The van der Waals surface area contributed by atoms with Crippen LogP contribution in [0.25, 0.3) is 0 Å². The molecule has 1 amide bonds. The monoisotopic (exact) mass is 269 g/mol. The van der Waals surface area contributed by atoms with Gasteiger partial charge in [-0.15, -0.1) is 3.89 Å². The first-order valence-corrected chi connectivity index (χ1v) is 5.69. The van der Waals surface area contributed by atoms with Gasteiger partial charge in [0, 0.05) is 13.0 Å². The summed E-state index contributed by atoms with van der Waals surface area (Å²) < 4.78 is 46.7. The first-order valence-electron chi connectivity index (χ1n) is 3.93. The van der Waals surface area contributed by atoms with Crippen molar-refractivity contribution in [3.63, 3.8) is 0 Å². The van der Waals surface area contributed by atoms with Gasteiger partial charge in [-0.1, -0.05) is 11.6 Å². The third-order valence-electron chi connectivity index (χ3n) is 1.59. The molecule has 0 fully saturated rings. The molecule has 1 N–H and O–H groups in total. The number of rotatable bonds is 2. The molecule has 1 aromatic rings. The highest BCUT2D eigenvalue weighted by Gasteiger charge is 2.20. The molecule has 88 valence electrons. The summed E-state index contributed by atoms with van der Waals surface area (Å²) in [6, 6.07) is 1.23. The van der Waals surface area contributed by atoms with Gasteiger partial charge >= 0.3 is 10.2 Å². The van der Waals surface area contributed by atoms with Gasteiger partial charge in [0.15, 0.2) is 0 Å². The van der Waals surface area contributed by atoms with Gasteiger partial charge < -0.3 is 5.32 Å². The molecule has 0 bridgehead atoms. The van der Waals surface area contributed by atoms with Crippen molar-refractivity contribution in [1.82, 2.24) is 0 Å². The lowest BCUT2D eigenvalue weighted by Gasteiger charge is -2.06. The zero-order valence-electron chi connectivity index (χ0n) is 7.92. The van der Waals surface area contributed by atoms with Crippen LogP contribution in [0.5, 0.6) is 0 Å². The van der Waals surface area contributed by atoms with Crippen LogP contribution in [0.15, 0.2) is 17.0 Å². The van der Waals surface area contributed by atoms with Crippen molar-refractivity contribution in [2.24, 2.45) is 0 Å². The smallest absolute Gasteiger partial charge is 0.325 e. The van der Waals surface area contributed by atoms with Crippen LogP contribution in [0, 0.1) is 5.82 Å². The lowest BCUT2D eigenvalue weighted by atomic mass is 10.3. The van der Waals surface area contributed by atoms with E-state index in [0.29, 0.717) is 12.1 Å². The number of carbonyl (C=O) groups is 1. The van der Waals surface area contributed by atoms with Gasteiger partial charge in [-0.2, -0.15) is 8.42 Å². The number of amides is 1. The minimum Gasteiger partial charge on any atom is -0.325 e. The zero-order valence-corrected chi connectivity index (χ0v) is 9.49. The Morgan fingerprint density at radius 3 is 2.44 bits per heavy atom. The van der Waals surface area contributed by atoms with Crippen LogP contribution in [-0.4, -0.2) is 14.3 Å². The van der Waals surface area contributed by atoms with Gasteiger partial charge in [0.1, 0.15) is 10.7 Å². The van der Waals surface area contributed by atoms with E-state index < -0.39 is 26.8 Å². The Labute approximate surface area is 95.4 Å². The van der Waals surface area contributed by atoms with E-state index in [4.69, 9.17) is 11.6 Å². The fourth-order valence-corrected chi connectivity index (χ4v) is 1.83. The molecule has 0 saturated carbocycles. The van der Waals surface area contributed by atoms with Crippen molar-refractivity contribution < 1.29 is 21.5 Å². The van der Waals surface area contributed by atoms with Crippen molar-refractivity contribution >= 4 is 33.4 Å². The summed E-state index contributed by atoms with van der Waals surface area (Å²) in [6.45, 7) is 1.16. The quantitative estimate of drug-likeness (QED) is 0.836. The van der Waals surface area contributed by atoms with Gasteiger partial charge in [0.2, 0.25) is 5.91 Å². The average molecular weight is 270 g/mol. The number of carbonyl (C=O) groups excluding carboxylic acids is 1.